The molecule has 1 heterocycles. The molecule has 4 aromatic rings. The first-order valence-corrected chi connectivity index (χ1v) is 13.9. The van der Waals surface area contributed by atoms with Gasteiger partial charge in [-0.3, -0.25) is 9.59 Å². The number of carboxylic acid groups (broad SMARTS) is 1. The third-order valence-electron chi connectivity index (χ3n) is 6.61. The molecule has 0 aliphatic carbocycles. The van der Waals surface area contributed by atoms with Crippen LogP contribution < -0.4 is 10.2 Å². The number of carboxylic acids is 1. The predicted molar refractivity (Wildman–Crippen MR) is 159 cm³/mol. The van der Waals surface area contributed by atoms with Gasteiger partial charge in [-0.05, 0) is 60.2 Å². The van der Waals surface area contributed by atoms with E-state index in [1.54, 1.807) is 23.5 Å². The monoisotopic (exact) mass is 541 g/mol. The van der Waals surface area contributed by atoms with Gasteiger partial charge in [-0.1, -0.05) is 68.8 Å². The SMILES string of the molecule is Cc1ccc(-c2csc(N(Cc3ccc(C(=O)NCCC(=O)O)cc3)c3ccc(C(C)(C)C)cc3)n2)c(C)c1. The fourth-order valence-electron chi connectivity index (χ4n) is 4.35. The molecular formula is C32H35N3O3S. The molecule has 0 fully saturated rings. The maximum atomic E-state index is 12.4. The summed E-state index contributed by atoms with van der Waals surface area (Å²) in [5.74, 6) is -1.22. The van der Waals surface area contributed by atoms with E-state index in [4.69, 9.17) is 10.1 Å². The number of rotatable bonds is 9. The summed E-state index contributed by atoms with van der Waals surface area (Å²) in [7, 11) is 0. The second-order valence-corrected chi connectivity index (χ2v) is 11.6. The number of thiazole rings is 1. The van der Waals surface area contributed by atoms with Gasteiger partial charge in [-0.15, -0.1) is 11.3 Å². The van der Waals surface area contributed by atoms with Crippen LogP contribution in [0.5, 0.6) is 0 Å². The summed E-state index contributed by atoms with van der Waals surface area (Å²) >= 11 is 1.61. The Morgan fingerprint density at radius 3 is 2.28 bits per heavy atom. The predicted octanol–water partition coefficient (Wildman–Crippen LogP) is 7.27. The minimum atomic E-state index is -0.941. The van der Waals surface area contributed by atoms with Gasteiger partial charge in [0.05, 0.1) is 18.7 Å². The molecule has 0 atom stereocenters. The van der Waals surface area contributed by atoms with E-state index in [-0.39, 0.29) is 24.3 Å². The molecule has 0 saturated heterocycles. The molecule has 2 N–H and O–H groups in total. The fraction of sp³-hybridized carbons (Fsp3) is 0.281. The lowest BCUT2D eigenvalue weighted by Gasteiger charge is -2.24. The van der Waals surface area contributed by atoms with Crippen molar-refractivity contribution in [2.45, 2.75) is 53.0 Å². The van der Waals surface area contributed by atoms with Crippen LogP contribution in [0.1, 0.15) is 59.8 Å². The number of aliphatic carboxylic acids is 1. The zero-order chi connectivity index (χ0) is 28.2. The van der Waals surface area contributed by atoms with Gasteiger partial charge in [-0.2, -0.15) is 0 Å². The van der Waals surface area contributed by atoms with Crippen LogP contribution in [-0.4, -0.2) is 28.5 Å². The Bertz CT molecular complexity index is 1450. The number of aromatic nitrogens is 1. The van der Waals surface area contributed by atoms with Crippen molar-refractivity contribution in [3.8, 4) is 11.3 Å². The number of benzene rings is 3. The van der Waals surface area contributed by atoms with E-state index in [1.165, 1.54) is 16.7 Å². The first kappa shape index (κ1) is 28.0. The van der Waals surface area contributed by atoms with Crippen LogP contribution in [0.4, 0.5) is 10.8 Å². The van der Waals surface area contributed by atoms with Crippen molar-refractivity contribution < 1.29 is 14.7 Å². The third-order valence-corrected chi connectivity index (χ3v) is 7.47. The van der Waals surface area contributed by atoms with Gasteiger partial charge in [-0.25, -0.2) is 4.98 Å². The first-order valence-electron chi connectivity index (χ1n) is 13.0. The van der Waals surface area contributed by atoms with E-state index in [2.05, 4.69) is 92.7 Å². The van der Waals surface area contributed by atoms with Gasteiger partial charge in [0.1, 0.15) is 0 Å². The highest BCUT2D eigenvalue weighted by atomic mass is 32.1. The summed E-state index contributed by atoms with van der Waals surface area (Å²) in [4.78, 5) is 30.3. The molecule has 0 aliphatic heterocycles. The minimum Gasteiger partial charge on any atom is -0.481 e. The minimum absolute atomic E-state index is 0.0571. The molecule has 202 valence electrons. The molecule has 0 aliphatic rings. The zero-order valence-electron chi connectivity index (χ0n) is 23.1. The second kappa shape index (κ2) is 11.8. The van der Waals surface area contributed by atoms with E-state index in [9.17, 15) is 9.59 Å². The lowest BCUT2D eigenvalue weighted by atomic mass is 9.87. The molecular weight excluding hydrogens is 506 g/mol. The summed E-state index contributed by atoms with van der Waals surface area (Å²) in [6, 6.07) is 22.5. The normalized spacial score (nSPS) is 11.3. The largest absolute Gasteiger partial charge is 0.481 e. The Kier molecular flexibility index (Phi) is 8.51. The molecule has 3 aromatic carbocycles. The Morgan fingerprint density at radius 1 is 0.974 bits per heavy atom. The zero-order valence-corrected chi connectivity index (χ0v) is 23.9. The molecule has 0 bridgehead atoms. The maximum absolute atomic E-state index is 12.4. The van der Waals surface area contributed by atoms with E-state index >= 15 is 0 Å². The molecule has 0 saturated carbocycles. The van der Waals surface area contributed by atoms with Gasteiger partial charge < -0.3 is 15.3 Å². The number of nitrogens with zero attached hydrogens (tertiary/aromatic N) is 2. The van der Waals surface area contributed by atoms with Crippen molar-refractivity contribution >= 4 is 34.0 Å². The Morgan fingerprint density at radius 2 is 1.67 bits per heavy atom. The number of amides is 1. The number of aryl methyl sites for hydroxylation is 2. The standard InChI is InChI=1S/C32H35N3O3S/c1-21-6-15-27(22(2)18-21)28-20-39-31(34-28)35(26-13-11-25(12-14-26)32(3,4)5)19-23-7-9-24(10-8-23)30(38)33-17-16-29(36)37/h6-15,18,20H,16-17,19H2,1-5H3,(H,33,38)(H,36,37). The first-order chi connectivity index (χ1) is 18.5. The highest BCUT2D eigenvalue weighted by Crippen LogP contribution is 2.35. The van der Waals surface area contributed by atoms with Crippen LogP contribution in [0.3, 0.4) is 0 Å². The molecule has 4 rings (SSSR count). The Balaban J connectivity index is 1.62. The number of carbonyl (C=O) groups excluding carboxylic acids is 1. The summed E-state index contributed by atoms with van der Waals surface area (Å²) in [5.41, 5.74) is 8.40. The lowest BCUT2D eigenvalue weighted by Crippen LogP contribution is -2.26. The number of carbonyl (C=O) groups is 2. The van der Waals surface area contributed by atoms with Gasteiger partial charge in [0.2, 0.25) is 0 Å². The van der Waals surface area contributed by atoms with Gasteiger partial charge in [0.15, 0.2) is 5.13 Å². The molecule has 7 heteroatoms. The molecule has 39 heavy (non-hydrogen) atoms. The molecule has 0 spiro atoms. The molecule has 6 nitrogen and oxygen atoms in total. The smallest absolute Gasteiger partial charge is 0.305 e. The van der Waals surface area contributed by atoms with Crippen LogP contribution in [0.15, 0.2) is 72.1 Å². The van der Waals surface area contributed by atoms with E-state index in [0.29, 0.717) is 12.1 Å². The number of anilines is 2. The van der Waals surface area contributed by atoms with Gasteiger partial charge >= 0.3 is 5.97 Å². The van der Waals surface area contributed by atoms with Crippen molar-refractivity contribution in [2.24, 2.45) is 0 Å². The van der Waals surface area contributed by atoms with E-state index < -0.39 is 5.97 Å². The van der Waals surface area contributed by atoms with Crippen LogP contribution in [-0.2, 0) is 16.8 Å². The van der Waals surface area contributed by atoms with Crippen molar-refractivity contribution in [1.82, 2.24) is 10.3 Å². The number of nitrogens with one attached hydrogen (secondary N) is 1. The van der Waals surface area contributed by atoms with Crippen molar-refractivity contribution in [3.05, 3.63) is 99.9 Å². The van der Waals surface area contributed by atoms with Crippen molar-refractivity contribution in [2.75, 3.05) is 11.4 Å². The summed E-state index contributed by atoms with van der Waals surface area (Å²) in [5, 5.41) is 14.4. The quantitative estimate of drug-likeness (QED) is 0.233. The third kappa shape index (κ3) is 7.12. The van der Waals surface area contributed by atoms with Crippen molar-refractivity contribution in [3.63, 3.8) is 0 Å². The topological polar surface area (TPSA) is 82.5 Å². The number of hydrogen-bond donors (Lipinski definition) is 2. The summed E-state index contributed by atoms with van der Waals surface area (Å²) in [6.07, 6.45) is -0.106. The van der Waals surface area contributed by atoms with Crippen molar-refractivity contribution in [1.29, 1.82) is 0 Å². The molecule has 1 amide bonds. The van der Waals surface area contributed by atoms with Gasteiger partial charge in [0.25, 0.3) is 5.91 Å². The van der Waals surface area contributed by atoms with E-state index in [1.807, 2.05) is 12.1 Å². The number of hydrogen-bond acceptors (Lipinski definition) is 5. The van der Waals surface area contributed by atoms with Crippen LogP contribution >= 0.6 is 11.3 Å². The van der Waals surface area contributed by atoms with E-state index in [0.717, 1.165) is 27.6 Å². The Hall–Kier alpha value is -3.97. The summed E-state index contributed by atoms with van der Waals surface area (Å²) < 4.78 is 0. The van der Waals surface area contributed by atoms with Crippen LogP contribution in [0.2, 0.25) is 0 Å². The lowest BCUT2D eigenvalue weighted by molar-refractivity contribution is -0.136. The summed E-state index contributed by atoms with van der Waals surface area (Å²) in [6.45, 7) is 11.5. The highest BCUT2D eigenvalue weighted by molar-refractivity contribution is 7.14. The second-order valence-electron chi connectivity index (χ2n) is 10.8. The molecule has 0 radical (unpaired) electrons. The maximum Gasteiger partial charge on any atom is 0.305 e. The highest BCUT2D eigenvalue weighted by Gasteiger charge is 2.19. The molecule has 0 unspecified atom stereocenters. The average molecular weight is 542 g/mol. The Labute approximate surface area is 234 Å². The van der Waals surface area contributed by atoms with Crippen LogP contribution in [0.25, 0.3) is 11.3 Å². The molecule has 1 aromatic heterocycles. The average Bonchev–Trinajstić information content (AvgIpc) is 3.36. The van der Waals surface area contributed by atoms with Crippen LogP contribution in [0, 0.1) is 13.8 Å². The fourth-order valence-corrected chi connectivity index (χ4v) is 5.20. The van der Waals surface area contributed by atoms with Gasteiger partial charge in [0, 0.05) is 28.7 Å².